The van der Waals surface area contributed by atoms with E-state index in [0.717, 1.165) is 13.0 Å². The van der Waals surface area contributed by atoms with Crippen molar-refractivity contribution in [3.05, 3.63) is 29.8 Å². The van der Waals surface area contributed by atoms with Crippen LogP contribution in [0.3, 0.4) is 0 Å². The SMILES string of the molecule is CCC(C)(NCC1Cc2ccccc2S1)C(=O)O. The number of hydrogen-bond donors (Lipinski definition) is 2. The van der Waals surface area contributed by atoms with Crippen molar-refractivity contribution >= 4 is 17.7 Å². The molecule has 0 radical (unpaired) electrons. The Bertz CT molecular complexity index is 424. The molecule has 0 aromatic heterocycles. The second-order valence-corrected chi connectivity index (χ2v) is 6.27. The molecule has 2 rings (SSSR count). The highest BCUT2D eigenvalue weighted by molar-refractivity contribution is 8.00. The van der Waals surface area contributed by atoms with Crippen molar-refractivity contribution in [3.63, 3.8) is 0 Å². The van der Waals surface area contributed by atoms with Crippen LogP contribution in [0, 0.1) is 0 Å². The average Bonchev–Trinajstić information content (AvgIpc) is 2.78. The molecular weight excluding hydrogens is 246 g/mol. The molecule has 0 fully saturated rings. The maximum Gasteiger partial charge on any atom is 0.323 e. The van der Waals surface area contributed by atoms with Crippen LogP contribution in [0.1, 0.15) is 25.8 Å². The van der Waals surface area contributed by atoms with Crippen molar-refractivity contribution in [2.24, 2.45) is 0 Å². The Labute approximate surface area is 112 Å². The topological polar surface area (TPSA) is 49.3 Å². The number of carbonyl (C=O) groups is 1. The van der Waals surface area contributed by atoms with Crippen LogP contribution in [0.2, 0.25) is 0 Å². The van der Waals surface area contributed by atoms with Crippen LogP contribution in [0.4, 0.5) is 0 Å². The van der Waals surface area contributed by atoms with Crippen molar-refractivity contribution in [3.8, 4) is 0 Å². The van der Waals surface area contributed by atoms with E-state index < -0.39 is 11.5 Å². The van der Waals surface area contributed by atoms with Gasteiger partial charge in [-0.15, -0.1) is 11.8 Å². The van der Waals surface area contributed by atoms with Gasteiger partial charge in [-0.25, -0.2) is 0 Å². The molecule has 0 bridgehead atoms. The third-order valence-electron chi connectivity index (χ3n) is 3.61. The van der Waals surface area contributed by atoms with Crippen LogP contribution in [0.25, 0.3) is 0 Å². The van der Waals surface area contributed by atoms with E-state index >= 15 is 0 Å². The fourth-order valence-corrected chi connectivity index (χ4v) is 3.31. The summed E-state index contributed by atoms with van der Waals surface area (Å²) in [4.78, 5) is 12.5. The lowest BCUT2D eigenvalue weighted by atomic mass is 9.99. The molecule has 4 heteroatoms. The highest BCUT2D eigenvalue weighted by Crippen LogP contribution is 2.36. The standard InChI is InChI=1S/C14H19NO2S/c1-3-14(2,13(16)17)15-9-11-8-10-6-4-5-7-12(10)18-11/h4-7,11,15H,3,8-9H2,1-2H3,(H,16,17). The Kier molecular flexibility index (Phi) is 3.97. The summed E-state index contributed by atoms with van der Waals surface area (Å²) in [6, 6.07) is 8.40. The Morgan fingerprint density at radius 2 is 2.28 bits per heavy atom. The first-order valence-electron chi connectivity index (χ1n) is 6.28. The minimum atomic E-state index is -0.810. The number of nitrogens with one attached hydrogen (secondary N) is 1. The highest BCUT2D eigenvalue weighted by atomic mass is 32.2. The van der Waals surface area contributed by atoms with Gasteiger partial charge in [0.15, 0.2) is 0 Å². The van der Waals surface area contributed by atoms with Gasteiger partial charge in [0.05, 0.1) is 0 Å². The molecule has 0 saturated heterocycles. The van der Waals surface area contributed by atoms with Crippen LogP contribution in [-0.4, -0.2) is 28.4 Å². The molecular formula is C14H19NO2S. The number of carboxylic acid groups (broad SMARTS) is 1. The smallest absolute Gasteiger partial charge is 0.323 e. The van der Waals surface area contributed by atoms with Gasteiger partial charge in [0.25, 0.3) is 0 Å². The summed E-state index contributed by atoms with van der Waals surface area (Å²) < 4.78 is 0. The van der Waals surface area contributed by atoms with Crippen molar-refractivity contribution in [1.82, 2.24) is 5.32 Å². The van der Waals surface area contributed by atoms with Gasteiger partial charge in [0.1, 0.15) is 5.54 Å². The normalized spacial score (nSPS) is 21.3. The fraction of sp³-hybridized carbons (Fsp3) is 0.500. The minimum absolute atomic E-state index is 0.438. The number of benzene rings is 1. The average molecular weight is 265 g/mol. The van der Waals surface area contributed by atoms with Gasteiger partial charge < -0.3 is 10.4 Å². The lowest BCUT2D eigenvalue weighted by Crippen LogP contribution is -2.51. The van der Waals surface area contributed by atoms with Crippen LogP contribution in [0.15, 0.2) is 29.2 Å². The van der Waals surface area contributed by atoms with E-state index in [1.165, 1.54) is 10.5 Å². The summed E-state index contributed by atoms with van der Waals surface area (Å²) in [5.74, 6) is -0.773. The summed E-state index contributed by atoms with van der Waals surface area (Å²) in [7, 11) is 0. The first kappa shape index (κ1) is 13.4. The third-order valence-corrected chi connectivity index (χ3v) is 4.93. The van der Waals surface area contributed by atoms with E-state index in [0.29, 0.717) is 11.7 Å². The largest absolute Gasteiger partial charge is 0.480 e. The molecule has 98 valence electrons. The zero-order valence-corrected chi connectivity index (χ0v) is 11.6. The third kappa shape index (κ3) is 2.70. The van der Waals surface area contributed by atoms with E-state index in [1.807, 2.05) is 18.7 Å². The van der Waals surface area contributed by atoms with Crippen LogP contribution in [-0.2, 0) is 11.2 Å². The number of fused-ring (bicyclic) bond motifs is 1. The molecule has 0 spiro atoms. The number of aliphatic carboxylic acids is 1. The summed E-state index contributed by atoms with van der Waals surface area (Å²) in [6.45, 7) is 4.38. The lowest BCUT2D eigenvalue weighted by Gasteiger charge is -2.26. The Morgan fingerprint density at radius 1 is 1.56 bits per heavy atom. The van der Waals surface area contributed by atoms with Gasteiger partial charge in [-0.2, -0.15) is 0 Å². The molecule has 1 heterocycles. The first-order chi connectivity index (χ1) is 8.55. The van der Waals surface area contributed by atoms with Crippen molar-refractivity contribution < 1.29 is 9.90 Å². The molecule has 1 aromatic carbocycles. The lowest BCUT2D eigenvalue weighted by molar-refractivity contribution is -0.144. The summed E-state index contributed by atoms with van der Waals surface area (Å²) in [5.41, 5.74) is 0.567. The summed E-state index contributed by atoms with van der Waals surface area (Å²) >= 11 is 1.84. The number of carboxylic acids is 1. The van der Waals surface area contributed by atoms with E-state index in [9.17, 15) is 9.90 Å². The van der Waals surface area contributed by atoms with E-state index in [4.69, 9.17) is 0 Å². The summed E-state index contributed by atoms with van der Waals surface area (Å²) in [5, 5.41) is 12.8. The maximum atomic E-state index is 11.2. The molecule has 1 aliphatic heterocycles. The van der Waals surface area contributed by atoms with E-state index in [1.54, 1.807) is 6.92 Å². The van der Waals surface area contributed by atoms with Crippen LogP contribution >= 0.6 is 11.8 Å². The number of hydrogen-bond acceptors (Lipinski definition) is 3. The van der Waals surface area contributed by atoms with E-state index in [-0.39, 0.29) is 0 Å². The molecule has 1 aromatic rings. The number of thioether (sulfide) groups is 1. The minimum Gasteiger partial charge on any atom is -0.480 e. The molecule has 2 atom stereocenters. The van der Waals surface area contributed by atoms with Crippen LogP contribution < -0.4 is 5.32 Å². The zero-order chi connectivity index (χ0) is 13.2. The van der Waals surface area contributed by atoms with Crippen LogP contribution in [0.5, 0.6) is 0 Å². The second kappa shape index (κ2) is 5.33. The molecule has 1 aliphatic rings. The quantitative estimate of drug-likeness (QED) is 0.859. The molecule has 18 heavy (non-hydrogen) atoms. The van der Waals surface area contributed by atoms with Gasteiger partial charge in [0, 0.05) is 16.7 Å². The van der Waals surface area contributed by atoms with Crippen molar-refractivity contribution in [1.29, 1.82) is 0 Å². The zero-order valence-electron chi connectivity index (χ0n) is 10.8. The van der Waals surface area contributed by atoms with Gasteiger partial charge in [-0.3, -0.25) is 4.79 Å². The van der Waals surface area contributed by atoms with Gasteiger partial charge >= 0.3 is 5.97 Å². The second-order valence-electron chi connectivity index (χ2n) is 4.92. The molecule has 0 saturated carbocycles. The molecule has 3 nitrogen and oxygen atoms in total. The predicted molar refractivity (Wildman–Crippen MR) is 74.1 cm³/mol. The van der Waals surface area contributed by atoms with Gasteiger partial charge in [0.2, 0.25) is 0 Å². The highest BCUT2D eigenvalue weighted by Gasteiger charge is 2.32. The monoisotopic (exact) mass is 265 g/mol. The molecule has 0 aliphatic carbocycles. The van der Waals surface area contributed by atoms with Gasteiger partial charge in [-0.1, -0.05) is 25.1 Å². The first-order valence-corrected chi connectivity index (χ1v) is 7.16. The summed E-state index contributed by atoms with van der Waals surface area (Å²) in [6.07, 6.45) is 1.61. The maximum absolute atomic E-state index is 11.2. The Morgan fingerprint density at radius 3 is 2.89 bits per heavy atom. The fourth-order valence-electron chi connectivity index (χ4n) is 2.06. The molecule has 0 amide bonds. The molecule has 2 unspecified atom stereocenters. The van der Waals surface area contributed by atoms with Crippen molar-refractivity contribution in [2.45, 2.75) is 42.4 Å². The van der Waals surface area contributed by atoms with E-state index in [2.05, 4.69) is 29.6 Å². The number of rotatable bonds is 5. The Hall–Kier alpha value is -1.00. The predicted octanol–water partition coefficient (Wildman–Crippen LogP) is 2.55. The Balaban J connectivity index is 1.92. The van der Waals surface area contributed by atoms with Gasteiger partial charge in [-0.05, 0) is 31.4 Å². The molecule has 2 N–H and O–H groups in total. The van der Waals surface area contributed by atoms with Crippen molar-refractivity contribution in [2.75, 3.05) is 6.54 Å².